The van der Waals surface area contributed by atoms with Crippen molar-refractivity contribution in [1.82, 2.24) is 45.2 Å². The van der Waals surface area contributed by atoms with Crippen LogP contribution in [0.3, 0.4) is 0 Å². The normalized spacial score (nSPS) is 29.0. The first kappa shape index (κ1) is 100. The van der Waals surface area contributed by atoms with E-state index < -0.39 is 54.7 Å². The second-order valence-electron chi connectivity index (χ2n) is 34.2. The number of cyclic esters (lactones) is 2. The molecule has 2 saturated carbocycles. The van der Waals surface area contributed by atoms with Gasteiger partial charge in [0.25, 0.3) is 5.56 Å². The molecule has 12 N–H and O–H groups in total. The molecule has 10 aliphatic rings. The highest BCUT2D eigenvalue weighted by molar-refractivity contribution is 8.14. The van der Waals surface area contributed by atoms with E-state index in [1.165, 1.54) is 89.7 Å². The van der Waals surface area contributed by atoms with Crippen LogP contribution in [0, 0.1) is 83.0 Å². The van der Waals surface area contributed by atoms with E-state index >= 15 is 0 Å². The van der Waals surface area contributed by atoms with Gasteiger partial charge in [-0.2, -0.15) is 0 Å². The number of benzene rings is 3. The first-order valence-electron chi connectivity index (χ1n) is 42.9. The third kappa shape index (κ3) is 24.3. The highest BCUT2D eigenvalue weighted by Crippen LogP contribution is 2.43. The number of rotatable bonds is 14. The summed E-state index contributed by atoms with van der Waals surface area (Å²) in [7, 11) is 6.41. The number of methoxy groups -OCH3 is 3. The lowest BCUT2D eigenvalue weighted by molar-refractivity contribution is -0.111. The summed E-state index contributed by atoms with van der Waals surface area (Å²) in [5, 5.41) is 89.1. The number of aromatic nitrogens is 6. The molecule has 3 aromatic carbocycles. The number of nitrogens with zero attached hydrogens (tertiary/aromatic N) is 6. The van der Waals surface area contributed by atoms with E-state index in [2.05, 4.69) is 154 Å². The van der Waals surface area contributed by atoms with Gasteiger partial charge < -0.3 is 104 Å². The van der Waals surface area contributed by atoms with Gasteiger partial charge in [0.15, 0.2) is 23.5 Å². The van der Waals surface area contributed by atoms with Crippen molar-refractivity contribution in [3.8, 4) is 11.5 Å². The van der Waals surface area contributed by atoms with Gasteiger partial charge in [0.1, 0.15) is 77.6 Å². The zero-order chi connectivity index (χ0) is 90.9. The smallest absolute Gasteiger partial charge is 0.342 e. The number of thioether (sulfide) groups is 1. The Kier molecular flexibility index (Phi) is 37.3. The molecule has 0 radical (unpaired) electrons. The number of phenolic OH excluding ortho intramolecular Hbond substituents is 2. The van der Waals surface area contributed by atoms with Crippen LogP contribution >= 0.6 is 11.8 Å². The van der Waals surface area contributed by atoms with Crippen LogP contribution in [0.25, 0.3) is 16.7 Å². The Balaban J connectivity index is 0.000000174. The van der Waals surface area contributed by atoms with Crippen LogP contribution in [-0.4, -0.2) is 227 Å². The number of aromatic amines is 2. The maximum Gasteiger partial charge on any atom is 0.342 e. The molecular formula is C93H138N10O19S. The molecule has 30 heteroatoms. The predicted molar refractivity (Wildman–Crippen MR) is 477 cm³/mol. The number of aromatic hydroxyl groups is 2. The molecule has 21 atom stereocenters. The molecule has 0 amide bonds. The van der Waals surface area contributed by atoms with Crippen molar-refractivity contribution in [2.75, 3.05) is 67.0 Å². The molecule has 11 heterocycles. The molecular weight excluding hydrogens is 1590 g/mol. The molecule has 16 rings (SSSR count). The first-order chi connectivity index (χ1) is 58.3. The number of phenols is 2. The lowest BCUT2D eigenvalue weighted by atomic mass is 9.91. The summed E-state index contributed by atoms with van der Waals surface area (Å²) < 4.78 is 43.0. The topological polar surface area (TPSA) is 402 Å². The Bertz CT molecular complexity index is 4620. The number of carbonyl (C=O) groups is 2. The number of nitrogens with one attached hydrogen (secondary N) is 4. The highest BCUT2D eigenvalue weighted by Gasteiger charge is 2.46. The van der Waals surface area contributed by atoms with Crippen LogP contribution < -0.4 is 16.2 Å². The summed E-state index contributed by atoms with van der Waals surface area (Å²) in [6, 6.07) is 8.25. The fourth-order valence-corrected chi connectivity index (χ4v) is 17.9. The molecule has 2 aliphatic carbocycles. The number of hydrogen-bond acceptors (Lipinski definition) is 27. The van der Waals surface area contributed by atoms with Gasteiger partial charge in [-0.15, -0.1) is 5.10 Å². The highest BCUT2D eigenvalue weighted by atomic mass is 32.2. The van der Waals surface area contributed by atoms with Crippen molar-refractivity contribution in [2.24, 2.45) is 46.4 Å². The van der Waals surface area contributed by atoms with Crippen LogP contribution in [0.15, 0.2) is 95.4 Å². The minimum Gasteiger partial charge on any atom is -0.507 e. The number of carbonyl (C=O) groups excluding carboxylic acids is 2. The lowest BCUT2D eigenvalue weighted by Gasteiger charge is -2.18. The van der Waals surface area contributed by atoms with Gasteiger partial charge in [-0.3, -0.25) is 9.79 Å². The first-order valence-corrected chi connectivity index (χ1v) is 43.9. The number of allylic oxidation sites excluding steroid dienone is 2. The van der Waals surface area contributed by atoms with E-state index in [0.29, 0.717) is 106 Å². The van der Waals surface area contributed by atoms with E-state index in [4.69, 9.17) is 53.1 Å². The zero-order valence-electron chi connectivity index (χ0n) is 75.9. The van der Waals surface area contributed by atoms with E-state index in [0.717, 1.165) is 76.2 Å². The van der Waals surface area contributed by atoms with Gasteiger partial charge >= 0.3 is 11.9 Å². The van der Waals surface area contributed by atoms with Crippen LogP contribution in [0.5, 0.6) is 11.5 Å². The van der Waals surface area contributed by atoms with Gasteiger partial charge in [-0.05, 0) is 171 Å². The number of amidine groups is 1. The number of fused-ring (bicyclic) bond motifs is 4. The zero-order valence-corrected chi connectivity index (χ0v) is 76.7. The Hall–Kier alpha value is -8.18. The van der Waals surface area contributed by atoms with Gasteiger partial charge in [-0.25, -0.2) is 24.2 Å². The van der Waals surface area contributed by atoms with Gasteiger partial charge in [0, 0.05) is 101 Å². The third-order valence-corrected chi connectivity index (χ3v) is 26.6. The number of ether oxygens (including phenoxy) is 8. The summed E-state index contributed by atoms with van der Waals surface area (Å²) >= 11 is 1.89. The summed E-state index contributed by atoms with van der Waals surface area (Å²) in [5.41, 5.74) is 16.2. The average molecular weight is 1730 g/mol. The Morgan fingerprint density at radius 3 is 1.82 bits per heavy atom. The number of aliphatic hydroxyl groups is 6. The lowest BCUT2D eigenvalue weighted by Crippen LogP contribution is -2.36. The summed E-state index contributed by atoms with van der Waals surface area (Å²) in [4.78, 5) is 55.3. The largest absolute Gasteiger partial charge is 0.507 e. The van der Waals surface area contributed by atoms with Crippen LogP contribution in [0.4, 0.5) is 0 Å². The number of H-pyrrole nitrogens is 2. The van der Waals surface area contributed by atoms with Crippen molar-refractivity contribution in [2.45, 2.75) is 255 Å². The molecule has 0 bridgehead atoms. The molecule has 680 valence electrons. The number of hydrogen-bond donors (Lipinski definition) is 12. The quantitative estimate of drug-likeness (QED) is 0.0356. The maximum atomic E-state index is 11.6. The summed E-state index contributed by atoms with van der Waals surface area (Å²) in [6.45, 7) is 50.0. The number of aliphatic imine (C=N–C) groups is 1. The average Bonchev–Trinajstić information content (AvgIpc) is 1.69. The minimum absolute atomic E-state index is 0.0509. The standard InChI is InChI=1S/C15H18O3.C12H16N4O4.C12H14N2S.C11H18N4O4.C11H12O3.2C9H16O.C7H14O2.C7H14O/c1-8(2)5-6-11-9(3)10(4)12-7-18-15(17)13(12)14(11)16;1-20-3-6-10(17)11(18)8(16-6)5-2-13-9-7(5)14-4-15-12(9)19;1-9-2-4-10(5-3-9)11-8-14-6-7-15-12(14)13-11;1-6(12-2)10-13-5-15(14-10)11-9(18-3)8(17)7(4-16)19-11;1-5-6(2)8-4-14-11(13)9(8)10(12)7(5)3;1-6-4-7(2)9(5-10)8(6)3;1-4-8-7(3)6(2)5-9(8)10;1-5-4-7(8-3)9-6(5)2;1-5-4-6(2)8-7(5)3/h5,16H,6-7H2,1-4H3;2,4,6,8,10-11,13,16-18H,3H2,1H3,(H,14,15,19);2-5,11H,6-8H2,1H3;5,7-9,11-12,16-17H,1,4H2,2-3H3;12H,4H2,1-3H3;6-7,9-10H,3-5H2,1-2H3;6,8-10H,3-5H2,1-2H3;5-7H,4H2,1-3H3;5-7H,4H2,1-3H3/t;6-,8+,10-,11+;;7-,8-,9+,11-;;6-,7-,9+;6-,8-,9-;;/m.1.0.00../s1. The minimum atomic E-state index is -0.991. The number of esters is 2. The van der Waals surface area contributed by atoms with E-state index in [9.17, 15) is 45.0 Å². The molecule has 7 unspecified atom stereocenters. The molecule has 7 fully saturated rings. The van der Waals surface area contributed by atoms with Gasteiger partial charge in [0.05, 0.1) is 73.9 Å². The van der Waals surface area contributed by atoms with Crippen LogP contribution in [0.2, 0.25) is 0 Å². The molecule has 5 saturated heterocycles. The third-order valence-electron chi connectivity index (χ3n) is 25.6. The van der Waals surface area contributed by atoms with Crippen molar-refractivity contribution in [1.29, 1.82) is 0 Å². The second kappa shape index (κ2) is 45.8. The Labute approximate surface area is 729 Å². The predicted octanol–water partition coefficient (Wildman–Crippen LogP) is 12.0. The molecule has 123 heavy (non-hydrogen) atoms. The molecule has 6 aromatic rings. The Morgan fingerprint density at radius 1 is 0.715 bits per heavy atom. The maximum absolute atomic E-state index is 11.6. The van der Waals surface area contributed by atoms with Crippen molar-refractivity contribution in [3.63, 3.8) is 0 Å². The SMILES string of the molecule is C=C(NC)c1ncn([C@H]2O[C@@H](CO)[C@H](O)[C@H]2OC)n1.C=C1[C@@H](C)C[C@H](C)[C@H]1CO.C=C1[C@@H](C)C[C@H](O)[C@H]1CC.CC(C)=CCc1c(C)c(C)c2c(c1O)C(=O)OC2.CC1CC(C)C(C)O1.COC1CC(C)C(C)O1.COC[C@H]1N[C@@H](c2c[nH]c3c(=O)[nH]cnc23)[C@H](O)[C@@H]1O.Cc1c(C)c(O)c2c(c1C)COC2=O.Cc1ccc(C2CN3CCSC3=N2)cc1. The second-order valence-corrected chi connectivity index (χ2v) is 35.3. The van der Waals surface area contributed by atoms with E-state index in [-0.39, 0.29) is 68.5 Å². The fourth-order valence-electron chi connectivity index (χ4n) is 16.9. The molecule has 29 nitrogen and oxygen atoms in total. The molecule has 0 spiro atoms. The number of aryl methyl sites for hydroxylation is 1. The fraction of sp³-hybridized carbons (Fsp3) is 0.602. The van der Waals surface area contributed by atoms with Crippen molar-refractivity contribution in [3.05, 3.63) is 174 Å². The van der Waals surface area contributed by atoms with E-state index in [1.807, 2.05) is 66.3 Å². The van der Waals surface area contributed by atoms with Crippen molar-refractivity contribution >= 4 is 45.6 Å². The van der Waals surface area contributed by atoms with Crippen molar-refractivity contribution < 1.29 is 88.3 Å². The number of aliphatic hydroxyl groups excluding tert-OH is 6. The van der Waals surface area contributed by atoms with E-state index in [1.54, 1.807) is 20.4 Å². The summed E-state index contributed by atoms with van der Waals surface area (Å²) in [6.07, 6.45) is 9.01. The van der Waals surface area contributed by atoms with Gasteiger partial charge in [0.2, 0.25) is 0 Å². The van der Waals surface area contributed by atoms with Crippen LogP contribution in [-0.2, 0) is 57.5 Å². The van der Waals surface area contributed by atoms with Crippen LogP contribution in [0.1, 0.15) is 214 Å². The van der Waals surface area contributed by atoms with Gasteiger partial charge in [-0.1, -0.05) is 126 Å². The monoisotopic (exact) mass is 1730 g/mol. The summed E-state index contributed by atoms with van der Waals surface area (Å²) in [5.74, 6) is 4.92. The Morgan fingerprint density at radius 2 is 1.33 bits per heavy atom. The molecule has 8 aliphatic heterocycles. The molecule has 3 aromatic heterocycles.